The van der Waals surface area contributed by atoms with Crippen LogP contribution in [0.15, 0.2) is 0 Å². The molecule has 0 aliphatic carbocycles. The highest BCUT2D eigenvalue weighted by Gasteiger charge is 2.35. The molecule has 1 unspecified atom stereocenters. The molecule has 106 valence electrons. The predicted molar refractivity (Wildman–Crippen MR) is 77.1 cm³/mol. The first-order valence-electron chi connectivity index (χ1n) is 6.99. The molecule has 2 aliphatic rings. The van der Waals surface area contributed by atoms with E-state index < -0.39 is 10.2 Å². The van der Waals surface area contributed by atoms with E-state index in [-0.39, 0.29) is 6.04 Å². The number of piperidine rings is 1. The molecule has 0 amide bonds. The van der Waals surface area contributed by atoms with Crippen molar-refractivity contribution in [1.82, 2.24) is 8.61 Å². The number of alkyl halides is 1. The van der Waals surface area contributed by atoms with E-state index in [1.165, 1.54) is 0 Å². The van der Waals surface area contributed by atoms with Gasteiger partial charge in [-0.15, -0.1) is 0 Å². The fraction of sp³-hybridized carbons (Fsp3) is 1.00. The molecule has 18 heavy (non-hydrogen) atoms. The lowest BCUT2D eigenvalue weighted by Crippen LogP contribution is -2.51. The van der Waals surface area contributed by atoms with Crippen LogP contribution in [0.5, 0.6) is 0 Å². The molecule has 2 aliphatic heterocycles. The van der Waals surface area contributed by atoms with Gasteiger partial charge in [0, 0.05) is 31.0 Å². The highest BCUT2D eigenvalue weighted by atomic mass is 79.9. The van der Waals surface area contributed by atoms with Gasteiger partial charge in [0.2, 0.25) is 0 Å². The zero-order valence-corrected chi connectivity index (χ0v) is 13.3. The molecule has 0 aromatic heterocycles. The Bertz CT molecular complexity index is 353. The molecule has 0 N–H and O–H groups in total. The highest BCUT2D eigenvalue weighted by molar-refractivity contribution is 9.09. The summed E-state index contributed by atoms with van der Waals surface area (Å²) in [5.74, 6) is 0. The first-order valence-corrected chi connectivity index (χ1v) is 9.51. The zero-order chi connectivity index (χ0) is 13.0. The van der Waals surface area contributed by atoms with Gasteiger partial charge in [-0.3, -0.25) is 0 Å². The number of hydrogen-bond donors (Lipinski definition) is 0. The second-order valence-electron chi connectivity index (χ2n) is 5.24. The Kier molecular flexibility index (Phi) is 5.47. The maximum Gasteiger partial charge on any atom is 0.282 e. The first-order chi connectivity index (χ1) is 8.66. The van der Waals surface area contributed by atoms with Crippen LogP contribution in [0.1, 0.15) is 44.9 Å². The van der Waals surface area contributed by atoms with Gasteiger partial charge in [-0.25, -0.2) is 0 Å². The largest absolute Gasteiger partial charge is 0.282 e. The van der Waals surface area contributed by atoms with Crippen LogP contribution in [0.4, 0.5) is 0 Å². The molecule has 1 atom stereocenters. The van der Waals surface area contributed by atoms with Crippen molar-refractivity contribution in [1.29, 1.82) is 0 Å². The van der Waals surface area contributed by atoms with Crippen molar-refractivity contribution in [3.05, 3.63) is 0 Å². The number of halogens is 1. The lowest BCUT2D eigenvalue weighted by atomic mass is 10.1. The average molecular weight is 339 g/mol. The highest BCUT2D eigenvalue weighted by Crippen LogP contribution is 2.25. The first kappa shape index (κ1) is 14.8. The van der Waals surface area contributed by atoms with Crippen LogP contribution in [-0.4, -0.2) is 48.0 Å². The molecule has 0 aromatic carbocycles. The van der Waals surface area contributed by atoms with Crippen molar-refractivity contribution < 1.29 is 8.42 Å². The lowest BCUT2D eigenvalue weighted by molar-refractivity contribution is 0.249. The second kappa shape index (κ2) is 6.68. The van der Waals surface area contributed by atoms with E-state index in [2.05, 4.69) is 15.9 Å². The van der Waals surface area contributed by atoms with Crippen LogP contribution in [0, 0.1) is 0 Å². The monoisotopic (exact) mass is 338 g/mol. The van der Waals surface area contributed by atoms with Crippen molar-refractivity contribution in [2.24, 2.45) is 0 Å². The van der Waals surface area contributed by atoms with Gasteiger partial charge in [-0.05, 0) is 25.7 Å². The molecule has 2 heterocycles. The third kappa shape index (κ3) is 3.26. The topological polar surface area (TPSA) is 40.6 Å². The average Bonchev–Trinajstić information content (AvgIpc) is 2.68. The minimum atomic E-state index is -3.23. The van der Waals surface area contributed by atoms with Gasteiger partial charge in [-0.1, -0.05) is 35.2 Å². The molecule has 0 radical (unpaired) electrons. The van der Waals surface area contributed by atoms with Crippen LogP contribution in [0.25, 0.3) is 0 Å². The summed E-state index contributed by atoms with van der Waals surface area (Å²) in [5, 5.41) is 0.750. The van der Waals surface area contributed by atoms with Gasteiger partial charge >= 0.3 is 0 Å². The van der Waals surface area contributed by atoms with Crippen molar-refractivity contribution >= 4 is 26.1 Å². The summed E-state index contributed by atoms with van der Waals surface area (Å²) < 4.78 is 28.8. The number of rotatable bonds is 3. The fourth-order valence-corrected chi connectivity index (χ4v) is 5.65. The van der Waals surface area contributed by atoms with Crippen LogP contribution < -0.4 is 0 Å². The zero-order valence-electron chi connectivity index (χ0n) is 10.9. The van der Waals surface area contributed by atoms with Crippen LogP contribution >= 0.6 is 15.9 Å². The Morgan fingerprint density at radius 2 is 1.56 bits per heavy atom. The predicted octanol–water partition coefficient (Wildman–Crippen LogP) is 2.36. The van der Waals surface area contributed by atoms with Gasteiger partial charge in [0.15, 0.2) is 0 Å². The summed E-state index contributed by atoms with van der Waals surface area (Å²) in [6.45, 7) is 2.09. The Balaban J connectivity index is 2.12. The standard InChI is InChI=1S/C12H23BrN2O2S/c13-11-12-7-3-6-10-15(12)18(16,17)14-8-4-1-2-5-9-14/h12H,1-11H2. The summed E-state index contributed by atoms with van der Waals surface area (Å²) in [6, 6.07) is 0.145. The van der Waals surface area contributed by atoms with Crippen molar-refractivity contribution in [2.75, 3.05) is 25.0 Å². The minimum Gasteiger partial charge on any atom is -0.195 e. The molecule has 2 fully saturated rings. The number of hydrogen-bond acceptors (Lipinski definition) is 2. The Morgan fingerprint density at radius 1 is 0.944 bits per heavy atom. The van der Waals surface area contributed by atoms with E-state index in [1.54, 1.807) is 8.61 Å². The van der Waals surface area contributed by atoms with Crippen molar-refractivity contribution in [2.45, 2.75) is 51.0 Å². The second-order valence-corrected chi connectivity index (χ2v) is 7.76. The molecule has 2 rings (SSSR count). The van der Waals surface area contributed by atoms with Crippen LogP contribution in [-0.2, 0) is 10.2 Å². The minimum absolute atomic E-state index is 0.145. The van der Waals surface area contributed by atoms with Gasteiger partial charge in [0.1, 0.15) is 0 Å². The van der Waals surface area contributed by atoms with E-state index in [1.807, 2.05) is 0 Å². The maximum atomic E-state index is 12.7. The summed E-state index contributed by atoms with van der Waals surface area (Å²) in [6.07, 6.45) is 7.46. The number of nitrogens with zero attached hydrogens (tertiary/aromatic N) is 2. The lowest BCUT2D eigenvalue weighted by Gasteiger charge is -2.37. The Hall–Kier alpha value is 0.350. The quantitative estimate of drug-likeness (QED) is 0.741. The maximum absolute atomic E-state index is 12.7. The molecule has 6 heteroatoms. The van der Waals surface area contributed by atoms with Gasteiger partial charge in [-0.2, -0.15) is 17.0 Å². The van der Waals surface area contributed by atoms with Crippen molar-refractivity contribution in [3.8, 4) is 0 Å². The fourth-order valence-electron chi connectivity index (χ4n) is 2.85. The normalized spacial score (nSPS) is 29.1. The van der Waals surface area contributed by atoms with E-state index in [0.29, 0.717) is 19.6 Å². The molecule has 4 nitrogen and oxygen atoms in total. The van der Waals surface area contributed by atoms with Gasteiger partial charge < -0.3 is 0 Å². The summed E-state index contributed by atoms with van der Waals surface area (Å²) in [5.41, 5.74) is 0. The van der Waals surface area contributed by atoms with E-state index in [4.69, 9.17) is 0 Å². The Morgan fingerprint density at radius 3 is 2.17 bits per heavy atom. The molecule has 2 saturated heterocycles. The third-order valence-corrected chi connectivity index (χ3v) is 6.78. The van der Waals surface area contributed by atoms with Gasteiger partial charge in [0.05, 0.1) is 0 Å². The van der Waals surface area contributed by atoms with E-state index in [9.17, 15) is 8.42 Å². The van der Waals surface area contributed by atoms with Gasteiger partial charge in [0.25, 0.3) is 10.2 Å². The SMILES string of the molecule is O=S(=O)(N1CCCCCC1)N1CCCCC1CBr. The smallest absolute Gasteiger partial charge is 0.195 e. The van der Waals surface area contributed by atoms with Crippen LogP contribution in [0.3, 0.4) is 0 Å². The summed E-state index contributed by atoms with van der Waals surface area (Å²) >= 11 is 3.46. The summed E-state index contributed by atoms with van der Waals surface area (Å²) in [7, 11) is -3.23. The molecule has 0 bridgehead atoms. The molecular weight excluding hydrogens is 316 g/mol. The molecule has 0 spiro atoms. The van der Waals surface area contributed by atoms with E-state index >= 15 is 0 Å². The molecule has 0 saturated carbocycles. The molecule has 0 aromatic rings. The third-order valence-electron chi connectivity index (χ3n) is 3.94. The molecular formula is C12H23BrN2O2S. The van der Waals surface area contributed by atoms with Crippen molar-refractivity contribution in [3.63, 3.8) is 0 Å². The summed E-state index contributed by atoms with van der Waals surface area (Å²) in [4.78, 5) is 0. The van der Waals surface area contributed by atoms with Crippen LogP contribution in [0.2, 0.25) is 0 Å². The van der Waals surface area contributed by atoms with E-state index in [0.717, 1.165) is 50.3 Å². The Labute approximate surface area is 119 Å².